The summed E-state index contributed by atoms with van der Waals surface area (Å²) in [5.41, 5.74) is 0. The fourth-order valence-electron chi connectivity index (χ4n) is 1.35. The molecule has 2 rings (SSSR count). The van der Waals surface area contributed by atoms with Gasteiger partial charge < -0.3 is 4.74 Å². The van der Waals surface area contributed by atoms with E-state index < -0.39 is 0 Å². The molecule has 1 amide bonds. The van der Waals surface area contributed by atoms with Crippen LogP contribution >= 0.6 is 0 Å². The van der Waals surface area contributed by atoms with Gasteiger partial charge in [-0.05, 0) is 0 Å². The number of anilines is 1. The number of carbonyl (C=O) groups excluding carboxylic acids is 2. The molecule has 1 saturated heterocycles. The minimum Gasteiger partial charge on any atom is -0.480 e. The summed E-state index contributed by atoms with van der Waals surface area (Å²) in [7, 11) is 1.48. The van der Waals surface area contributed by atoms with Crippen molar-refractivity contribution < 1.29 is 14.3 Å². The summed E-state index contributed by atoms with van der Waals surface area (Å²) in [4.78, 5) is 31.6. The molecule has 0 bridgehead atoms. The average molecular weight is 207 g/mol. The van der Waals surface area contributed by atoms with Crippen LogP contribution in [0.15, 0.2) is 12.4 Å². The van der Waals surface area contributed by atoms with Crippen molar-refractivity contribution in [3.05, 3.63) is 12.4 Å². The quantitative estimate of drug-likeness (QED) is 0.627. The Balaban J connectivity index is 2.22. The Labute approximate surface area is 85.9 Å². The van der Waals surface area contributed by atoms with Crippen molar-refractivity contribution in [3.63, 3.8) is 0 Å². The Bertz CT molecular complexity index is 402. The van der Waals surface area contributed by atoms with Crippen LogP contribution in [0.1, 0.15) is 6.42 Å². The predicted octanol–water partition coefficient (Wildman–Crippen LogP) is -0.209. The molecular weight excluding hydrogens is 198 g/mol. The Hall–Kier alpha value is -1.98. The first-order valence-corrected chi connectivity index (χ1v) is 4.39. The highest BCUT2D eigenvalue weighted by Gasteiger charge is 2.29. The van der Waals surface area contributed by atoms with Gasteiger partial charge in [0.25, 0.3) is 0 Å². The summed E-state index contributed by atoms with van der Waals surface area (Å²) < 4.78 is 4.84. The normalized spacial score (nSPS) is 15.9. The second-order valence-corrected chi connectivity index (χ2v) is 3.11. The van der Waals surface area contributed by atoms with Gasteiger partial charge in [-0.1, -0.05) is 0 Å². The maximum Gasteiger partial charge on any atom is 0.236 e. The van der Waals surface area contributed by atoms with Crippen LogP contribution in [0.5, 0.6) is 5.88 Å². The first-order chi connectivity index (χ1) is 7.20. The molecule has 0 spiro atoms. The van der Waals surface area contributed by atoms with E-state index in [9.17, 15) is 9.59 Å². The molecule has 0 unspecified atom stereocenters. The van der Waals surface area contributed by atoms with E-state index in [1.165, 1.54) is 24.4 Å². The van der Waals surface area contributed by atoms with Crippen LogP contribution in [0.25, 0.3) is 0 Å². The Kier molecular flexibility index (Phi) is 2.32. The van der Waals surface area contributed by atoms with Gasteiger partial charge in [-0.2, -0.15) is 0 Å². The maximum absolute atomic E-state index is 11.3. The maximum atomic E-state index is 11.3. The third kappa shape index (κ3) is 1.78. The number of rotatable bonds is 2. The number of amides is 1. The molecule has 1 fully saturated rings. The molecule has 0 aromatic carbocycles. The van der Waals surface area contributed by atoms with Crippen molar-refractivity contribution in [1.82, 2.24) is 9.97 Å². The minimum absolute atomic E-state index is 0.0479. The van der Waals surface area contributed by atoms with E-state index in [1.807, 2.05) is 0 Å². The Morgan fingerprint density at radius 3 is 2.60 bits per heavy atom. The van der Waals surface area contributed by atoms with Gasteiger partial charge in [0, 0.05) is 0 Å². The minimum atomic E-state index is -0.237. The zero-order valence-corrected chi connectivity index (χ0v) is 8.14. The number of carbonyl (C=O) groups is 2. The smallest absolute Gasteiger partial charge is 0.236 e. The molecule has 0 saturated carbocycles. The number of aromatic nitrogens is 2. The topological polar surface area (TPSA) is 72.4 Å². The number of ketones is 1. The van der Waals surface area contributed by atoms with E-state index in [-0.39, 0.29) is 24.7 Å². The molecule has 0 atom stereocenters. The lowest BCUT2D eigenvalue weighted by atomic mass is 10.3. The van der Waals surface area contributed by atoms with Crippen LogP contribution in [0.2, 0.25) is 0 Å². The molecule has 1 aliphatic heterocycles. The molecule has 0 N–H and O–H groups in total. The zero-order valence-electron chi connectivity index (χ0n) is 8.14. The fourth-order valence-corrected chi connectivity index (χ4v) is 1.35. The first-order valence-electron chi connectivity index (χ1n) is 4.39. The van der Waals surface area contributed by atoms with Gasteiger partial charge in [-0.3, -0.25) is 14.5 Å². The van der Waals surface area contributed by atoms with Gasteiger partial charge in [-0.15, -0.1) is 0 Å². The van der Waals surface area contributed by atoms with Crippen molar-refractivity contribution in [2.75, 3.05) is 18.6 Å². The number of hydrogen-bond acceptors (Lipinski definition) is 5. The third-order valence-corrected chi connectivity index (χ3v) is 2.08. The van der Waals surface area contributed by atoms with Crippen LogP contribution in [0, 0.1) is 0 Å². The fraction of sp³-hybridized carbons (Fsp3) is 0.333. The molecule has 0 radical (unpaired) electrons. The molecule has 6 heteroatoms. The summed E-state index contributed by atoms with van der Waals surface area (Å²) in [5, 5.41) is 0. The highest BCUT2D eigenvalue weighted by Crippen LogP contribution is 2.17. The van der Waals surface area contributed by atoms with Crippen LogP contribution in [0.4, 0.5) is 5.82 Å². The van der Waals surface area contributed by atoms with Crippen molar-refractivity contribution in [2.24, 2.45) is 0 Å². The van der Waals surface area contributed by atoms with Gasteiger partial charge >= 0.3 is 0 Å². The first kappa shape index (κ1) is 9.57. The number of hydrogen-bond donors (Lipinski definition) is 0. The molecule has 0 aliphatic carbocycles. The van der Waals surface area contributed by atoms with E-state index in [1.54, 1.807) is 0 Å². The lowest BCUT2D eigenvalue weighted by molar-refractivity contribution is -0.121. The zero-order chi connectivity index (χ0) is 10.8. The summed E-state index contributed by atoms with van der Waals surface area (Å²) in [6.07, 6.45) is 2.77. The number of ether oxygens (including phenoxy) is 1. The Morgan fingerprint density at radius 2 is 2.13 bits per heavy atom. The second-order valence-electron chi connectivity index (χ2n) is 3.11. The molecular formula is C9H9N3O3. The van der Waals surface area contributed by atoms with Gasteiger partial charge in [-0.25, -0.2) is 9.97 Å². The average Bonchev–Trinajstić information content (AvgIpc) is 2.58. The van der Waals surface area contributed by atoms with Crippen LogP contribution in [-0.2, 0) is 9.59 Å². The molecule has 1 aromatic rings. The molecule has 1 aromatic heterocycles. The molecule has 1 aliphatic rings. The van der Waals surface area contributed by atoms with Crippen LogP contribution in [0.3, 0.4) is 0 Å². The van der Waals surface area contributed by atoms with Crippen LogP contribution in [-0.4, -0.2) is 35.3 Å². The van der Waals surface area contributed by atoms with Gasteiger partial charge in [0.2, 0.25) is 11.8 Å². The Morgan fingerprint density at radius 1 is 1.33 bits per heavy atom. The number of nitrogens with zero attached hydrogens (tertiary/aromatic N) is 3. The lowest BCUT2D eigenvalue weighted by Crippen LogP contribution is -2.25. The largest absolute Gasteiger partial charge is 0.480 e. The van der Waals surface area contributed by atoms with Crippen molar-refractivity contribution >= 4 is 17.5 Å². The van der Waals surface area contributed by atoms with Crippen LogP contribution < -0.4 is 9.64 Å². The predicted molar refractivity (Wildman–Crippen MR) is 50.6 cm³/mol. The lowest BCUT2D eigenvalue weighted by Gasteiger charge is -2.12. The second kappa shape index (κ2) is 3.64. The van der Waals surface area contributed by atoms with Gasteiger partial charge in [0.05, 0.1) is 32.5 Å². The monoisotopic (exact) mass is 207 g/mol. The molecule has 15 heavy (non-hydrogen) atoms. The summed E-state index contributed by atoms with van der Waals surface area (Å²) in [5.74, 6) is 0.417. The molecule has 2 heterocycles. The molecule has 78 valence electrons. The van der Waals surface area contributed by atoms with E-state index >= 15 is 0 Å². The van der Waals surface area contributed by atoms with Crippen molar-refractivity contribution in [1.29, 1.82) is 0 Å². The SMILES string of the molecule is COc1cnc(N2CC(=O)CC2=O)cn1. The third-order valence-electron chi connectivity index (χ3n) is 2.08. The van der Waals surface area contributed by atoms with Gasteiger partial charge in [0.15, 0.2) is 11.6 Å². The number of methoxy groups -OCH3 is 1. The number of Topliss-reactive ketones (excluding diaryl/α,β-unsaturated/α-hetero) is 1. The standard InChI is InChI=1S/C9H9N3O3/c1-15-8-4-10-7(3-11-8)12-5-6(13)2-9(12)14/h3-4H,2,5H2,1H3. The van der Waals surface area contributed by atoms with Crippen molar-refractivity contribution in [3.8, 4) is 5.88 Å². The van der Waals surface area contributed by atoms with Crippen molar-refractivity contribution in [2.45, 2.75) is 6.42 Å². The highest BCUT2D eigenvalue weighted by molar-refractivity contribution is 6.14. The van der Waals surface area contributed by atoms with E-state index in [2.05, 4.69) is 9.97 Å². The highest BCUT2D eigenvalue weighted by atomic mass is 16.5. The summed E-state index contributed by atoms with van der Waals surface area (Å²) in [6.45, 7) is 0.0832. The summed E-state index contributed by atoms with van der Waals surface area (Å²) >= 11 is 0. The van der Waals surface area contributed by atoms with E-state index in [0.717, 1.165) is 0 Å². The molecule has 6 nitrogen and oxygen atoms in total. The van der Waals surface area contributed by atoms with E-state index in [4.69, 9.17) is 4.74 Å². The van der Waals surface area contributed by atoms with E-state index in [0.29, 0.717) is 11.7 Å². The van der Waals surface area contributed by atoms with Gasteiger partial charge in [0.1, 0.15) is 0 Å². The summed E-state index contributed by atoms with van der Waals surface area (Å²) in [6, 6.07) is 0.